The van der Waals surface area contributed by atoms with Gasteiger partial charge in [0.1, 0.15) is 5.69 Å². The highest BCUT2D eigenvalue weighted by Crippen LogP contribution is 2.25. The molecule has 0 saturated carbocycles. The van der Waals surface area contributed by atoms with E-state index in [9.17, 15) is 4.39 Å². The van der Waals surface area contributed by atoms with Crippen LogP contribution in [0.25, 0.3) is 11.3 Å². The van der Waals surface area contributed by atoms with Crippen LogP contribution in [0, 0.1) is 19.7 Å². The van der Waals surface area contributed by atoms with E-state index in [4.69, 9.17) is 0 Å². The molecule has 0 amide bonds. The van der Waals surface area contributed by atoms with E-state index in [1.165, 1.54) is 6.20 Å². The first-order chi connectivity index (χ1) is 9.11. The summed E-state index contributed by atoms with van der Waals surface area (Å²) in [5.41, 5.74) is 3.26. The fourth-order valence-corrected chi connectivity index (χ4v) is 1.87. The van der Waals surface area contributed by atoms with E-state index < -0.39 is 5.82 Å². The van der Waals surface area contributed by atoms with E-state index in [2.05, 4.69) is 22.2 Å². The summed E-state index contributed by atoms with van der Waals surface area (Å²) < 4.78 is 13.9. The number of nitrogens with zero attached hydrogens (tertiary/aromatic N) is 2. The van der Waals surface area contributed by atoms with Crippen LogP contribution >= 0.6 is 0 Å². The third-order valence-electron chi connectivity index (χ3n) is 2.93. The Morgan fingerprint density at radius 1 is 1.26 bits per heavy atom. The van der Waals surface area contributed by atoms with Crippen molar-refractivity contribution in [3.05, 3.63) is 41.3 Å². The van der Waals surface area contributed by atoms with Gasteiger partial charge < -0.3 is 5.32 Å². The minimum absolute atomic E-state index is 0.356. The summed E-state index contributed by atoms with van der Waals surface area (Å²) in [5.74, 6) is 0.0786. The van der Waals surface area contributed by atoms with Crippen LogP contribution in [0.3, 0.4) is 0 Å². The molecular weight excluding hydrogens is 241 g/mol. The van der Waals surface area contributed by atoms with Crippen molar-refractivity contribution in [1.29, 1.82) is 0 Å². The van der Waals surface area contributed by atoms with Gasteiger partial charge in [-0.05, 0) is 31.9 Å². The van der Waals surface area contributed by atoms with Gasteiger partial charge in [0.25, 0.3) is 0 Å². The van der Waals surface area contributed by atoms with Crippen molar-refractivity contribution in [2.24, 2.45) is 0 Å². The van der Waals surface area contributed by atoms with Crippen LogP contribution in [0.5, 0.6) is 0 Å². The largest absolute Gasteiger partial charge is 0.354 e. The van der Waals surface area contributed by atoms with Crippen molar-refractivity contribution in [2.45, 2.75) is 27.2 Å². The zero-order valence-corrected chi connectivity index (χ0v) is 11.5. The molecule has 0 spiro atoms. The van der Waals surface area contributed by atoms with Gasteiger partial charge in [-0.1, -0.05) is 24.6 Å². The first-order valence-electron chi connectivity index (χ1n) is 6.46. The van der Waals surface area contributed by atoms with E-state index in [1.54, 1.807) is 0 Å². The van der Waals surface area contributed by atoms with Gasteiger partial charge >= 0.3 is 0 Å². The number of anilines is 1. The molecule has 1 heterocycles. The molecule has 0 bridgehead atoms. The highest BCUT2D eigenvalue weighted by atomic mass is 19.1. The van der Waals surface area contributed by atoms with Gasteiger partial charge in [0.15, 0.2) is 5.82 Å². The van der Waals surface area contributed by atoms with Crippen LogP contribution < -0.4 is 5.32 Å². The average Bonchev–Trinajstić information content (AvgIpc) is 2.41. The molecule has 0 unspecified atom stereocenters. The van der Waals surface area contributed by atoms with Gasteiger partial charge in [-0.3, -0.25) is 0 Å². The maximum Gasteiger partial charge on any atom is 0.223 e. The molecule has 1 N–H and O–H groups in total. The Bertz CT molecular complexity index is 582. The van der Waals surface area contributed by atoms with E-state index in [0.29, 0.717) is 11.6 Å². The van der Waals surface area contributed by atoms with Gasteiger partial charge in [0.2, 0.25) is 5.95 Å². The van der Waals surface area contributed by atoms with Crippen molar-refractivity contribution in [1.82, 2.24) is 9.97 Å². The second-order valence-corrected chi connectivity index (χ2v) is 4.64. The number of aromatic nitrogens is 2. The van der Waals surface area contributed by atoms with Gasteiger partial charge in [-0.15, -0.1) is 0 Å². The van der Waals surface area contributed by atoms with Crippen molar-refractivity contribution in [2.75, 3.05) is 11.9 Å². The average molecular weight is 259 g/mol. The molecular formula is C15H18FN3. The zero-order chi connectivity index (χ0) is 13.8. The molecule has 3 nitrogen and oxygen atoms in total. The van der Waals surface area contributed by atoms with E-state index >= 15 is 0 Å². The van der Waals surface area contributed by atoms with E-state index in [1.807, 2.05) is 32.0 Å². The predicted octanol–water partition coefficient (Wildman–Crippen LogP) is 3.72. The number of benzene rings is 1. The van der Waals surface area contributed by atoms with Crippen molar-refractivity contribution < 1.29 is 4.39 Å². The Balaban J connectivity index is 2.45. The molecule has 2 rings (SSSR count). The highest BCUT2D eigenvalue weighted by molar-refractivity contribution is 5.65. The molecule has 0 aliphatic carbocycles. The fourth-order valence-electron chi connectivity index (χ4n) is 1.87. The minimum Gasteiger partial charge on any atom is -0.354 e. The summed E-state index contributed by atoms with van der Waals surface area (Å²) in [7, 11) is 0. The van der Waals surface area contributed by atoms with Gasteiger partial charge in [0, 0.05) is 12.1 Å². The molecule has 4 heteroatoms. The maximum absolute atomic E-state index is 13.9. The Morgan fingerprint density at radius 3 is 2.79 bits per heavy atom. The van der Waals surface area contributed by atoms with E-state index in [0.717, 1.165) is 29.7 Å². The predicted molar refractivity (Wildman–Crippen MR) is 75.7 cm³/mol. The van der Waals surface area contributed by atoms with Crippen LogP contribution in [0.1, 0.15) is 24.5 Å². The van der Waals surface area contributed by atoms with Crippen LogP contribution in [-0.4, -0.2) is 16.5 Å². The molecule has 0 radical (unpaired) electrons. The Labute approximate surface area is 112 Å². The van der Waals surface area contributed by atoms with Crippen molar-refractivity contribution in [3.8, 4) is 11.3 Å². The molecule has 19 heavy (non-hydrogen) atoms. The zero-order valence-electron chi connectivity index (χ0n) is 11.5. The Hall–Kier alpha value is -1.97. The quantitative estimate of drug-likeness (QED) is 0.909. The summed E-state index contributed by atoms with van der Waals surface area (Å²) in [5, 5.41) is 3.08. The van der Waals surface area contributed by atoms with Crippen LogP contribution in [0.2, 0.25) is 0 Å². The smallest absolute Gasteiger partial charge is 0.223 e. The number of nitrogens with one attached hydrogen (secondary N) is 1. The SMILES string of the molecule is CCCNc1ncc(F)c(-c2cc(C)ccc2C)n1. The van der Waals surface area contributed by atoms with Gasteiger partial charge in [-0.2, -0.15) is 0 Å². The van der Waals surface area contributed by atoms with Crippen LogP contribution in [0.15, 0.2) is 24.4 Å². The second kappa shape index (κ2) is 5.78. The molecule has 1 aromatic carbocycles. The lowest BCUT2D eigenvalue weighted by Crippen LogP contribution is -2.06. The molecule has 0 saturated heterocycles. The first-order valence-corrected chi connectivity index (χ1v) is 6.46. The van der Waals surface area contributed by atoms with Crippen LogP contribution in [0.4, 0.5) is 10.3 Å². The monoisotopic (exact) mass is 259 g/mol. The summed E-state index contributed by atoms with van der Waals surface area (Å²) in [6.45, 7) is 6.77. The van der Waals surface area contributed by atoms with Crippen LogP contribution in [-0.2, 0) is 0 Å². The molecule has 1 aromatic heterocycles. The lowest BCUT2D eigenvalue weighted by atomic mass is 10.0. The Kier molecular flexibility index (Phi) is 4.10. The molecule has 0 aliphatic heterocycles. The summed E-state index contributed by atoms with van der Waals surface area (Å²) >= 11 is 0. The van der Waals surface area contributed by atoms with E-state index in [-0.39, 0.29) is 0 Å². The summed E-state index contributed by atoms with van der Waals surface area (Å²) in [6, 6.07) is 5.93. The first kappa shape index (κ1) is 13.5. The van der Waals surface area contributed by atoms with Crippen molar-refractivity contribution in [3.63, 3.8) is 0 Å². The number of rotatable bonds is 4. The third kappa shape index (κ3) is 3.08. The summed E-state index contributed by atoms with van der Waals surface area (Å²) in [4.78, 5) is 8.24. The second-order valence-electron chi connectivity index (χ2n) is 4.64. The molecule has 0 aliphatic rings. The lowest BCUT2D eigenvalue weighted by Gasteiger charge is -2.09. The number of halogens is 1. The molecule has 100 valence electrons. The number of aryl methyl sites for hydroxylation is 2. The summed E-state index contributed by atoms with van der Waals surface area (Å²) in [6.07, 6.45) is 2.20. The molecule has 2 aromatic rings. The molecule has 0 fully saturated rings. The normalized spacial score (nSPS) is 10.5. The third-order valence-corrected chi connectivity index (χ3v) is 2.93. The lowest BCUT2D eigenvalue weighted by molar-refractivity contribution is 0.618. The molecule has 0 atom stereocenters. The highest BCUT2D eigenvalue weighted by Gasteiger charge is 2.11. The topological polar surface area (TPSA) is 37.8 Å². The van der Waals surface area contributed by atoms with Gasteiger partial charge in [0.05, 0.1) is 6.20 Å². The number of hydrogen-bond donors (Lipinski definition) is 1. The van der Waals surface area contributed by atoms with Gasteiger partial charge in [-0.25, -0.2) is 14.4 Å². The maximum atomic E-state index is 13.9. The minimum atomic E-state index is -0.393. The Morgan fingerprint density at radius 2 is 2.05 bits per heavy atom. The standard InChI is InChI=1S/C15H18FN3/c1-4-7-17-15-18-9-13(16)14(19-15)12-8-10(2)5-6-11(12)3/h5-6,8-9H,4,7H2,1-3H3,(H,17,18,19). The van der Waals surface area contributed by atoms with Crippen molar-refractivity contribution >= 4 is 5.95 Å². The number of hydrogen-bond acceptors (Lipinski definition) is 3. The fraction of sp³-hybridized carbons (Fsp3) is 0.333.